The molecule has 2 unspecified atom stereocenters. The number of hydrogen-bond acceptors (Lipinski definition) is 10. The lowest BCUT2D eigenvalue weighted by Crippen LogP contribution is -2.59. The molecule has 0 aromatic rings. The number of carbonyl (C=O) groups excluding carboxylic acids is 2. The first-order valence-corrected chi connectivity index (χ1v) is 26.1. The maximum Gasteiger partial charge on any atom is 0.306 e. The number of esters is 2. The lowest BCUT2D eigenvalue weighted by molar-refractivity contribution is -0.305. The molecule has 0 radical (unpaired) electrons. The summed E-state index contributed by atoms with van der Waals surface area (Å²) in [4.78, 5) is 25.4. The topological polar surface area (TPSA) is 152 Å². The fourth-order valence-electron chi connectivity index (χ4n) is 7.91. The van der Waals surface area contributed by atoms with Gasteiger partial charge in [0, 0.05) is 12.8 Å². The van der Waals surface area contributed by atoms with E-state index < -0.39 is 49.4 Å². The number of aliphatic hydroxyl groups is 4. The van der Waals surface area contributed by atoms with Crippen molar-refractivity contribution in [1.29, 1.82) is 0 Å². The molecule has 0 amide bonds. The summed E-state index contributed by atoms with van der Waals surface area (Å²) in [6.45, 7) is 3.40. The number of hydrogen-bond donors (Lipinski definition) is 4. The van der Waals surface area contributed by atoms with Crippen LogP contribution in [0.25, 0.3) is 0 Å². The quantitative estimate of drug-likeness (QED) is 0.0264. The van der Waals surface area contributed by atoms with Crippen LogP contribution in [-0.2, 0) is 28.5 Å². The Morgan fingerprint density at radius 2 is 0.905 bits per heavy atom. The molecule has 1 saturated heterocycles. The number of ether oxygens (including phenoxy) is 4. The van der Waals surface area contributed by atoms with Gasteiger partial charge >= 0.3 is 11.9 Å². The summed E-state index contributed by atoms with van der Waals surface area (Å²) in [5, 5.41) is 40.2. The zero-order chi connectivity index (χ0) is 45.9. The van der Waals surface area contributed by atoms with Crippen molar-refractivity contribution in [3.63, 3.8) is 0 Å². The van der Waals surface area contributed by atoms with E-state index in [1.54, 1.807) is 0 Å². The molecule has 0 aromatic carbocycles. The van der Waals surface area contributed by atoms with E-state index >= 15 is 0 Å². The maximum absolute atomic E-state index is 12.8. The highest BCUT2D eigenvalue weighted by molar-refractivity contribution is 5.70. The van der Waals surface area contributed by atoms with Gasteiger partial charge in [-0.3, -0.25) is 9.59 Å². The zero-order valence-corrected chi connectivity index (χ0v) is 40.3. The van der Waals surface area contributed by atoms with E-state index in [9.17, 15) is 30.0 Å². The van der Waals surface area contributed by atoms with Crippen molar-refractivity contribution >= 4 is 11.9 Å². The van der Waals surface area contributed by atoms with Crippen LogP contribution in [0, 0.1) is 0 Å². The summed E-state index contributed by atoms with van der Waals surface area (Å²) in [6, 6.07) is 0. The van der Waals surface area contributed by atoms with Crippen molar-refractivity contribution in [2.24, 2.45) is 0 Å². The minimum atomic E-state index is -1.60. The molecule has 63 heavy (non-hydrogen) atoms. The Hall–Kier alpha value is -2.08. The first-order valence-electron chi connectivity index (χ1n) is 26.1. The smallest absolute Gasteiger partial charge is 0.306 e. The van der Waals surface area contributed by atoms with Crippen LogP contribution < -0.4 is 0 Å². The van der Waals surface area contributed by atoms with Gasteiger partial charge in [-0.2, -0.15) is 0 Å². The van der Waals surface area contributed by atoms with Gasteiger partial charge in [0.25, 0.3) is 0 Å². The van der Waals surface area contributed by atoms with Crippen molar-refractivity contribution in [2.75, 3.05) is 19.8 Å². The molecule has 0 bridgehead atoms. The Labute approximate surface area is 385 Å². The predicted molar refractivity (Wildman–Crippen MR) is 256 cm³/mol. The van der Waals surface area contributed by atoms with Gasteiger partial charge in [-0.25, -0.2) is 0 Å². The van der Waals surface area contributed by atoms with Crippen molar-refractivity contribution in [2.45, 2.75) is 269 Å². The molecule has 4 N–H and O–H groups in total. The van der Waals surface area contributed by atoms with Crippen molar-refractivity contribution in [1.82, 2.24) is 0 Å². The molecule has 1 fully saturated rings. The molecule has 1 heterocycles. The van der Waals surface area contributed by atoms with Crippen LogP contribution in [0.1, 0.15) is 232 Å². The van der Waals surface area contributed by atoms with Crippen molar-refractivity contribution in [3.8, 4) is 0 Å². The van der Waals surface area contributed by atoms with E-state index in [2.05, 4.69) is 50.3 Å². The molecular weight excluding hydrogens is 797 g/mol. The fourth-order valence-corrected chi connectivity index (χ4v) is 7.91. The molecule has 1 aliphatic heterocycles. The fraction of sp³-hybridized carbons (Fsp3) is 0.849. The van der Waals surface area contributed by atoms with Crippen molar-refractivity contribution < 1.29 is 49.0 Å². The average Bonchev–Trinajstić information content (AvgIpc) is 3.28. The van der Waals surface area contributed by atoms with Gasteiger partial charge in [-0.1, -0.05) is 211 Å². The van der Waals surface area contributed by atoms with Crippen LogP contribution in [0.15, 0.2) is 36.5 Å². The Morgan fingerprint density at radius 1 is 0.492 bits per heavy atom. The maximum atomic E-state index is 12.8. The molecule has 368 valence electrons. The molecule has 6 atom stereocenters. The monoisotopic (exact) mass is 893 g/mol. The van der Waals surface area contributed by atoms with E-state index in [1.807, 2.05) is 0 Å². The van der Waals surface area contributed by atoms with Gasteiger partial charge in [-0.15, -0.1) is 0 Å². The van der Waals surface area contributed by atoms with Gasteiger partial charge in [0.1, 0.15) is 31.0 Å². The summed E-state index contributed by atoms with van der Waals surface area (Å²) < 4.78 is 22.2. The summed E-state index contributed by atoms with van der Waals surface area (Å²) in [7, 11) is 0. The third-order valence-corrected chi connectivity index (χ3v) is 12.0. The van der Waals surface area contributed by atoms with Gasteiger partial charge in [0.15, 0.2) is 12.4 Å². The lowest BCUT2D eigenvalue weighted by Gasteiger charge is -2.39. The summed E-state index contributed by atoms with van der Waals surface area (Å²) in [5.74, 6) is -0.857. The highest BCUT2D eigenvalue weighted by Gasteiger charge is 2.44. The number of aliphatic hydroxyl groups excluding tert-OH is 4. The van der Waals surface area contributed by atoms with Crippen LogP contribution in [0.5, 0.6) is 0 Å². The number of allylic oxidation sites excluding steroid dienone is 6. The summed E-state index contributed by atoms with van der Waals surface area (Å²) >= 11 is 0. The second kappa shape index (κ2) is 43.8. The van der Waals surface area contributed by atoms with Crippen LogP contribution >= 0.6 is 0 Å². The third kappa shape index (κ3) is 34.9. The minimum absolute atomic E-state index is 0.160. The molecule has 10 nitrogen and oxygen atoms in total. The highest BCUT2D eigenvalue weighted by atomic mass is 16.7. The van der Waals surface area contributed by atoms with E-state index in [4.69, 9.17) is 18.9 Å². The molecular formula is C53H96O10. The number of carbonyl (C=O) groups is 2. The van der Waals surface area contributed by atoms with Gasteiger partial charge in [-0.05, 0) is 44.9 Å². The molecule has 0 aliphatic carbocycles. The molecule has 0 spiro atoms. The molecule has 0 saturated carbocycles. The van der Waals surface area contributed by atoms with E-state index in [0.717, 1.165) is 38.5 Å². The van der Waals surface area contributed by atoms with Crippen LogP contribution in [0.2, 0.25) is 0 Å². The summed E-state index contributed by atoms with van der Waals surface area (Å²) in [6.07, 6.45) is 44.5. The first-order chi connectivity index (χ1) is 30.8. The minimum Gasteiger partial charge on any atom is -0.462 e. The molecule has 1 aliphatic rings. The molecule has 1 rings (SSSR count). The largest absolute Gasteiger partial charge is 0.462 e. The van der Waals surface area contributed by atoms with Crippen LogP contribution in [0.4, 0.5) is 0 Å². The van der Waals surface area contributed by atoms with Crippen LogP contribution in [0.3, 0.4) is 0 Å². The second-order valence-electron chi connectivity index (χ2n) is 18.0. The lowest BCUT2D eigenvalue weighted by atomic mass is 9.99. The van der Waals surface area contributed by atoms with Crippen molar-refractivity contribution in [3.05, 3.63) is 36.5 Å². The normalized spacial score (nSPS) is 19.7. The predicted octanol–water partition coefficient (Wildman–Crippen LogP) is 12.2. The Balaban J connectivity index is 2.27. The standard InChI is InChI=1S/C53H96O10/c1-3-5-7-9-11-13-15-17-19-21-22-23-24-26-27-29-31-33-35-37-39-41-48(55)60-44-46(45-61-53-52(59)51(58)50(57)47(43-54)63-53)62-49(56)42-40-38-36-34-32-30-28-25-20-18-16-14-12-10-8-6-4-2/h18,20,28,30,34,36,46-47,50-54,57-59H,3-17,19,21-27,29,31-33,35,37-45H2,1-2H3/b20-18+,30-28+,36-34+/t46-,47-,50+,51?,52?,53-/m0/s1. The van der Waals surface area contributed by atoms with E-state index in [1.165, 1.54) is 154 Å². The third-order valence-electron chi connectivity index (χ3n) is 12.0. The Bertz CT molecular complexity index is 1120. The molecule has 0 aromatic heterocycles. The Kier molecular flexibility index (Phi) is 41.0. The second-order valence-corrected chi connectivity index (χ2v) is 18.0. The number of unbranched alkanes of at least 4 members (excludes halogenated alkanes) is 27. The number of rotatable bonds is 44. The summed E-state index contributed by atoms with van der Waals surface area (Å²) in [5.41, 5.74) is 0. The Morgan fingerprint density at radius 3 is 1.38 bits per heavy atom. The van der Waals surface area contributed by atoms with Gasteiger partial charge in [0.2, 0.25) is 0 Å². The average molecular weight is 893 g/mol. The van der Waals surface area contributed by atoms with Crippen LogP contribution in [-0.4, -0.2) is 89.0 Å². The van der Waals surface area contributed by atoms with E-state index in [0.29, 0.717) is 12.8 Å². The molecule has 10 heteroatoms. The van der Waals surface area contributed by atoms with E-state index in [-0.39, 0.29) is 32.0 Å². The first kappa shape index (κ1) is 58.9. The zero-order valence-electron chi connectivity index (χ0n) is 40.3. The SMILES string of the molecule is CCCCCCCC/C=C/C/C=C/C/C=C/CCCC(=O)O[C@@H](COC(=O)CCCCCCCCCCCCCCCCCCCCCCC)CO[C@H]1O[C@@H](CO)[C@@H](O)C(O)C1O. The highest BCUT2D eigenvalue weighted by Crippen LogP contribution is 2.23. The van der Waals surface area contributed by atoms with Gasteiger partial charge in [0.05, 0.1) is 13.2 Å². The van der Waals surface area contributed by atoms with Gasteiger partial charge < -0.3 is 39.4 Å².